The Bertz CT molecular complexity index is 1180. The summed E-state index contributed by atoms with van der Waals surface area (Å²) in [7, 11) is 1.31. The minimum Gasteiger partial charge on any atom is -0.465 e. The maximum absolute atomic E-state index is 12.7. The van der Waals surface area contributed by atoms with Crippen LogP contribution >= 0.6 is 0 Å². The van der Waals surface area contributed by atoms with Gasteiger partial charge in [-0.3, -0.25) is 14.2 Å². The van der Waals surface area contributed by atoms with Gasteiger partial charge in [-0.25, -0.2) is 9.78 Å². The van der Waals surface area contributed by atoms with Gasteiger partial charge in [0.05, 0.1) is 23.6 Å². The van der Waals surface area contributed by atoms with Gasteiger partial charge in [0.15, 0.2) is 0 Å². The molecule has 0 spiro atoms. The van der Waals surface area contributed by atoms with Crippen molar-refractivity contribution >= 4 is 28.5 Å². The Morgan fingerprint density at radius 2 is 2.04 bits per heavy atom. The van der Waals surface area contributed by atoms with Crippen LogP contribution in [-0.2, 0) is 17.7 Å². The maximum Gasteiger partial charge on any atom is 0.338 e. The monoisotopic (exact) mass is 377 g/mol. The SMILES string of the molecule is COC(=O)c1cccc(NC(=O)c2ccc3c(=O)n4c(nc3c2)CCC4)c1C. The summed E-state index contributed by atoms with van der Waals surface area (Å²) < 4.78 is 6.46. The fourth-order valence-corrected chi connectivity index (χ4v) is 3.52. The highest BCUT2D eigenvalue weighted by Gasteiger charge is 2.18. The molecule has 3 aromatic rings. The lowest BCUT2D eigenvalue weighted by Gasteiger charge is -2.12. The molecule has 0 unspecified atom stereocenters. The van der Waals surface area contributed by atoms with E-state index in [1.807, 2.05) is 0 Å². The first-order chi connectivity index (χ1) is 13.5. The number of benzene rings is 2. The summed E-state index contributed by atoms with van der Waals surface area (Å²) in [5.41, 5.74) is 2.39. The van der Waals surface area contributed by atoms with Crippen molar-refractivity contribution < 1.29 is 14.3 Å². The van der Waals surface area contributed by atoms with Crippen LogP contribution in [0.4, 0.5) is 5.69 Å². The molecule has 28 heavy (non-hydrogen) atoms. The predicted molar refractivity (Wildman–Crippen MR) is 105 cm³/mol. The van der Waals surface area contributed by atoms with Crippen molar-refractivity contribution in [3.8, 4) is 0 Å². The Labute approximate surface area is 161 Å². The number of ether oxygens (including phenoxy) is 1. The minimum absolute atomic E-state index is 0.0638. The van der Waals surface area contributed by atoms with Crippen LogP contribution in [0.15, 0.2) is 41.2 Å². The van der Waals surface area contributed by atoms with Crippen LogP contribution in [0.25, 0.3) is 10.9 Å². The van der Waals surface area contributed by atoms with Gasteiger partial charge in [0.2, 0.25) is 0 Å². The molecule has 1 amide bonds. The van der Waals surface area contributed by atoms with Gasteiger partial charge in [-0.2, -0.15) is 0 Å². The zero-order chi connectivity index (χ0) is 19.8. The number of methoxy groups -OCH3 is 1. The van der Waals surface area contributed by atoms with Crippen LogP contribution in [0.2, 0.25) is 0 Å². The zero-order valence-electron chi connectivity index (χ0n) is 15.6. The number of rotatable bonds is 3. The van der Waals surface area contributed by atoms with E-state index in [0.29, 0.717) is 39.8 Å². The van der Waals surface area contributed by atoms with Gasteiger partial charge in [-0.15, -0.1) is 0 Å². The van der Waals surface area contributed by atoms with Crippen LogP contribution < -0.4 is 10.9 Å². The molecule has 142 valence electrons. The third kappa shape index (κ3) is 2.94. The quantitative estimate of drug-likeness (QED) is 0.709. The molecule has 0 bridgehead atoms. The zero-order valence-corrected chi connectivity index (χ0v) is 15.6. The summed E-state index contributed by atoms with van der Waals surface area (Å²) in [6, 6.07) is 9.93. The van der Waals surface area contributed by atoms with E-state index in [1.54, 1.807) is 47.9 Å². The summed E-state index contributed by atoms with van der Waals surface area (Å²) in [6.45, 7) is 2.43. The average molecular weight is 377 g/mol. The van der Waals surface area contributed by atoms with Gasteiger partial charge in [0, 0.05) is 24.2 Å². The lowest BCUT2D eigenvalue weighted by atomic mass is 10.1. The van der Waals surface area contributed by atoms with Crippen molar-refractivity contribution in [2.75, 3.05) is 12.4 Å². The van der Waals surface area contributed by atoms with E-state index in [1.165, 1.54) is 7.11 Å². The molecule has 2 aromatic carbocycles. The third-order valence-corrected chi connectivity index (χ3v) is 5.07. The number of nitrogens with one attached hydrogen (secondary N) is 1. The lowest BCUT2D eigenvalue weighted by molar-refractivity contribution is 0.0599. The normalized spacial score (nSPS) is 12.6. The number of carbonyl (C=O) groups is 2. The van der Waals surface area contributed by atoms with Gasteiger partial charge in [-0.1, -0.05) is 6.07 Å². The van der Waals surface area contributed by atoms with Crippen molar-refractivity contribution in [2.24, 2.45) is 0 Å². The molecule has 1 aliphatic heterocycles. The van der Waals surface area contributed by atoms with E-state index >= 15 is 0 Å². The van der Waals surface area contributed by atoms with Crippen LogP contribution in [-0.4, -0.2) is 28.5 Å². The molecule has 7 heteroatoms. The van der Waals surface area contributed by atoms with Crippen LogP contribution in [0, 0.1) is 6.92 Å². The first kappa shape index (κ1) is 17.9. The van der Waals surface area contributed by atoms with Crippen molar-refractivity contribution in [1.29, 1.82) is 0 Å². The summed E-state index contributed by atoms with van der Waals surface area (Å²) in [5, 5.41) is 3.33. The van der Waals surface area contributed by atoms with Gasteiger partial charge >= 0.3 is 5.97 Å². The molecule has 2 heterocycles. The lowest BCUT2D eigenvalue weighted by Crippen LogP contribution is -2.21. The van der Waals surface area contributed by atoms with E-state index in [2.05, 4.69) is 10.3 Å². The molecule has 0 fully saturated rings. The highest BCUT2D eigenvalue weighted by Crippen LogP contribution is 2.21. The highest BCUT2D eigenvalue weighted by molar-refractivity contribution is 6.07. The molecule has 0 saturated carbocycles. The first-order valence-electron chi connectivity index (χ1n) is 9.02. The van der Waals surface area contributed by atoms with E-state index in [0.717, 1.165) is 18.7 Å². The van der Waals surface area contributed by atoms with E-state index < -0.39 is 5.97 Å². The summed E-state index contributed by atoms with van der Waals surface area (Å²) in [6.07, 6.45) is 1.67. The van der Waals surface area contributed by atoms with E-state index in [9.17, 15) is 14.4 Å². The molecular formula is C21H19N3O4. The minimum atomic E-state index is -0.460. The molecule has 7 nitrogen and oxygen atoms in total. The molecule has 0 atom stereocenters. The first-order valence-corrected chi connectivity index (χ1v) is 9.02. The molecule has 4 rings (SSSR count). The fraction of sp³-hybridized carbons (Fsp3) is 0.238. The third-order valence-electron chi connectivity index (χ3n) is 5.07. The molecule has 1 N–H and O–H groups in total. The van der Waals surface area contributed by atoms with Gasteiger partial charge in [0.1, 0.15) is 5.82 Å². The second-order valence-electron chi connectivity index (χ2n) is 6.74. The average Bonchev–Trinajstić information content (AvgIpc) is 3.17. The number of amides is 1. The molecule has 0 saturated heterocycles. The second-order valence-corrected chi connectivity index (χ2v) is 6.74. The number of aryl methyl sites for hydroxylation is 1. The fourth-order valence-electron chi connectivity index (χ4n) is 3.52. The number of esters is 1. The number of fused-ring (bicyclic) bond motifs is 2. The van der Waals surface area contributed by atoms with E-state index in [4.69, 9.17) is 4.74 Å². The maximum atomic E-state index is 12.7. The number of anilines is 1. The Morgan fingerprint density at radius 1 is 1.21 bits per heavy atom. The van der Waals surface area contributed by atoms with Crippen molar-refractivity contribution in [2.45, 2.75) is 26.3 Å². The predicted octanol–water partition coefficient (Wildman–Crippen LogP) is 2.69. The Balaban J connectivity index is 1.68. The largest absolute Gasteiger partial charge is 0.465 e. The summed E-state index contributed by atoms with van der Waals surface area (Å²) in [5.74, 6) is -0.0380. The Kier molecular flexibility index (Phi) is 4.43. The molecule has 1 aliphatic rings. The Morgan fingerprint density at radius 3 is 2.82 bits per heavy atom. The van der Waals surface area contributed by atoms with Gasteiger partial charge < -0.3 is 10.1 Å². The molecule has 1 aromatic heterocycles. The molecule has 0 radical (unpaired) electrons. The van der Waals surface area contributed by atoms with Crippen LogP contribution in [0.1, 0.15) is 38.5 Å². The van der Waals surface area contributed by atoms with E-state index in [-0.39, 0.29) is 11.5 Å². The number of hydrogen-bond acceptors (Lipinski definition) is 5. The second kappa shape index (κ2) is 6.92. The van der Waals surface area contributed by atoms with Crippen molar-refractivity contribution in [3.05, 3.63) is 69.3 Å². The van der Waals surface area contributed by atoms with Crippen LogP contribution in [0.3, 0.4) is 0 Å². The standard InChI is InChI=1S/C21H19N3O4/c1-12-14(21(27)28-2)5-3-6-16(12)23-19(25)13-8-9-15-17(11-13)22-18-7-4-10-24(18)20(15)26/h3,5-6,8-9,11H,4,7,10H2,1-2H3,(H,23,25). The number of hydrogen-bond donors (Lipinski definition) is 1. The molecular weight excluding hydrogens is 358 g/mol. The summed E-state index contributed by atoms with van der Waals surface area (Å²) in [4.78, 5) is 41.7. The van der Waals surface area contributed by atoms with Crippen LogP contribution in [0.5, 0.6) is 0 Å². The van der Waals surface area contributed by atoms with Crippen molar-refractivity contribution in [3.63, 3.8) is 0 Å². The number of nitrogens with zero attached hydrogens (tertiary/aromatic N) is 2. The molecule has 0 aliphatic carbocycles. The van der Waals surface area contributed by atoms with Crippen molar-refractivity contribution in [1.82, 2.24) is 9.55 Å². The number of aromatic nitrogens is 2. The number of carbonyl (C=O) groups excluding carboxylic acids is 2. The van der Waals surface area contributed by atoms with Gasteiger partial charge in [-0.05, 0) is 49.2 Å². The summed E-state index contributed by atoms with van der Waals surface area (Å²) >= 11 is 0. The topological polar surface area (TPSA) is 90.3 Å². The van der Waals surface area contributed by atoms with Gasteiger partial charge in [0.25, 0.3) is 11.5 Å². The smallest absolute Gasteiger partial charge is 0.338 e. The Hall–Kier alpha value is -3.48. The highest BCUT2D eigenvalue weighted by atomic mass is 16.5.